The van der Waals surface area contributed by atoms with Crippen molar-refractivity contribution in [3.05, 3.63) is 78.4 Å². The molecule has 1 saturated heterocycles. The highest BCUT2D eigenvalue weighted by Crippen LogP contribution is 2.26. The van der Waals surface area contributed by atoms with Gasteiger partial charge in [0.15, 0.2) is 0 Å². The van der Waals surface area contributed by atoms with Crippen LogP contribution in [0.5, 0.6) is 0 Å². The van der Waals surface area contributed by atoms with Gasteiger partial charge in [0.1, 0.15) is 0 Å². The number of hydrogen-bond acceptors (Lipinski definition) is 1. The number of fused-ring (bicyclic) bond motifs is 1. The number of nitrogens with zero attached hydrogens (tertiary/aromatic N) is 2. The minimum absolute atomic E-state index is 0.111. The zero-order valence-electron chi connectivity index (χ0n) is 14.4. The van der Waals surface area contributed by atoms with Crippen molar-refractivity contribution in [3.63, 3.8) is 0 Å². The van der Waals surface area contributed by atoms with Gasteiger partial charge in [-0.2, -0.15) is 0 Å². The number of hydrogen-bond donors (Lipinski definition) is 0. The summed E-state index contributed by atoms with van der Waals surface area (Å²) in [5, 5.41) is 2.51. The van der Waals surface area contributed by atoms with E-state index in [2.05, 4.69) is 49.4 Å². The van der Waals surface area contributed by atoms with E-state index >= 15 is 0 Å². The van der Waals surface area contributed by atoms with Crippen molar-refractivity contribution in [2.45, 2.75) is 19.4 Å². The summed E-state index contributed by atoms with van der Waals surface area (Å²) in [4.78, 5) is 16.7. The second-order valence-corrected chi connectivity index (χ2v) is 6.55. The molecule has 1 unspecified atom stereocenters. The summed E-state index contributed by atoms with van der Waals surface area (Å²) in [6.07, 6.45) is 0.883. The Balaban J connectivity index is 1.59. The number of likely N-dealkylation sites (N-methyl/N-ethyl adjacent to an activating group) is 1. The molecule has 1 atom stereocenters. The molecule has 1 aliphatic heterocycles. The first-order valence-corrected chi connectivity index (χ1v) is 8.87. The smallest absolute Gasteiger partial charge is 0.320 e. The molecule has 0 saturated carbocycles. The van der Waals surface area contributed by atoms with Crippen molar-refractivity contribution in [3.8, 4) is 0 Å². The summed E-state index contributed by atoms with van der Waals surface area (Å²) < 4.78 is 0. The maximum absolute atomic E-state index is 12.8. The molecule has 1 aliphatic rings. The third kappa shape index (κ3) is 2.98. The molecule has 1 fully saturated rings. The maximum Gasteiger partial charge on any atom is 0.324 e. The van der Waals surface area contributed by atoms with Crippen molar-refractivity contribution in [1.29, 1.82) is 0 Å². The Morgan fingerprint density at radius 3 is 2.40 bits per heavy atom. The minimum Gasteiger partial charge on any atom is -0.320 e. The molecule has 0 bridgehead atoms. The lowest BCUT2D eigenvalue weighted by molar-refractivity contribution is 0.209. The van der Waals surface area contributed by atoms with Crippen molar-refractivity contribution >= 4 is 22.5 Å². The molecule has 3 nitrogen and oxygen atoms in total. The Morgan fingerprint density at radius 2 is 1.64 bits per heavy atom. The first kappa shape index (κ1) is 15.7. The number of urea groups is 1. The number of rotatable bonds is 4. The van der Waals surface area contributed by atoms with Gasteiger partial charge in [-0.25, -0.2) is 4.79 Å². The van der Waals surface area contributed by atoms with Gasteiger partial charge in [0.2, 0.25) is 0 Å². The lowest BCUT2D eigenvalue weighted by Gasteiger charge is -2.21. The SMILES string of the molecule is CCN1C(=O)N(c2ccccc2)CC1Cc1ccc2ccccc2c1. The van der Waals surface area contributed by atoms with Gasteiger partial charge in [0.05, 0.1) is 6.04 Å². The highest BCUT2D eigenvalue weighted by molar-refractivity contribution is 5.94. The van der Waals surface area contributed by atoms with Gasteiger partial charge >= 0.3 is 6.03 Å². The molecular formula is C22H22N2O. The van der Waals surface area contributed by atoms with Gasteiger partial charge < -0.3 is 4.90 Å². The predicted molar refractivity (Wildman–Crippen MR) is 103 cm³/mol. The lowest BCUT2D eigenvalue weighted by atomic mass is 10.0. The van der Waals surface area contributed by atoms with Crippen LogP contribution in [0.15, 0.2) is 72.8 Å². The van der Waals surface area contributed by atoms with Crippen LogP contribution < -0.4 is 4.90 Å². The van der Waals surface area contributed by atoms with E-state index in [4.69, 9.17) is 0 Å². The molecule has 2 amide bonds. The molecule has 0 radical (unpaired) electrons. The Morgan fingerprint density at radius 1 is 0.920 bits per heavy atom. The molecule has 0 spiro atoms. The number of amides is 2. The van der Waals surface area contributed by atoms with Gasteiger partial charge in [0, 0.05) is 18.8 Å². The van der Waals surface area contributed by atoms with E-state index in [0.29, 0.717) is 0 Å². The lowest BCUT2D eigenvalue weighted by Crippen LogP contribution is -2.35. The molecule has 126 valence electrons. The Hall–Kier alpha value is -2.81. The molecule has 0 N–H and O–H groups in total. The largest absolute Gasteiger partial charge is 0.324 e. The number of carbonyl (C=O) groups excluding carboxylic acids is 1. The second kappa shape index (κ2) is 6.60. The average Bonchev–Trinajstić information content (AvgIpc) is 2.97. The molecule has 0 aliphatic carbocycles. The molecule has 3 aromatic rings. The fourth-order valence-electron chi connectivity index (χ4n) is 3.73. The fraction of sp³-hybridized carbons (Fsp3) is 0.227. The summed E-state index contributed by atoms with van der Waals surface area (Å²) in [6.45, 7) is 3.53. The summed E-state index contributed by atoms with van der Waals surface area (Å²) in [5.41, 5.74) is 2.26. The predicted octanol–water partition coefficient (Wildman–Crippen LogP) is 4.71. The quantitative estimate of drug-likeness (QED) is 0.679. The fourth-order valence-corrected chi connectivity index (χ4v) is 3.73. The minimum atomic E-state index is 0.111. The van der Waals surface area contributed by atoms with E-state index in [9.17, 15) is 4.79 Å². The number of anilines is 1. The van der Waals surface area contributed by atoms with Crippen LogP contribution in [0, 0.1) is 0 Å². The van der Waals surface area contributed by atoms with Crippen LogP contribution in [0.4, 0.5) is 10.5 Å². The third-order valence-electron chi connectivity index (χ3n) is 5.00. The number of benzene rings is 3. The Bertz CT molecular complexity index is 891. The third-order valence-corrected chi connectivity index (χ3v) is 5.00. The first-order chi connectivity index (χ1) is 12.3. The maximum atomic E-state index is 12.8. The summed E-state index contributed by atoms with van der Waals surface area (Å²) >= 11 is 0. The van der Waals surface area contributed by atoms with E-state index in [1.807, 2.05) is 40.1 Å². The summed E-state index contributed by atoms with van der Waals surface area (Å²) in [5.74, 6) is 0. The zero-order chi connectivity index (χ0) is 17.2. The monoisotopic (exact) mass is 330 g/mol. The van der Waals surface area contributed by atoms with E-state index in [0.717, 1.165) is 25.2 Å². The molecule has 0 aromatic heterocycles. The first-order valence-electron chi connectivity index (χ1n) is 8.87. The zero-order valence-corrected chi connectivity index (χ0v) is 14.4. The van der Waals surface area contributed by atoms with E-state index < -0.39 is 0 Å². The molecule has 1 heterocycles. The average molecular weight is 330 g/mol. The number of carbonyl (C=O) groups is 1. The van der Waals surface area contributed by atoms with Crippen LogP contribution in [-0.2, 0) is 6.42 Å². The van der Waals surface area contributed by atoms with E-state index in [1.54, 1.807) is 0 Å². The second-order valence-electron chi connectivity index (χ2n) is 6.55. The van der Waals surface area contributed by atoms with Crippen molar-refractivity contribution in [2.24, 2.45) is 0 Å². The van der Waals surface area contributed by atoms with Crippen LogP contribution >= 0.6 is 0 Å². The summed E-state index contributed by atoms with van der Waals surface area (Å²) in [6, 6.07) is 25.3. The summed E-state index contributed by atoms with van der Waals surface area (Å²) in [7, 11) is 0. The molecule has 3 aromatic carbocycles. The van der Waals surface area contributed by atoms with Crippen LogP contribution in [0.3, 0.4) is 0 Å². The normalized spacial score (nSPS) is 17.5. The molecule has 25 heavy (non-hydrogen) atoms. The van der Waals surface area contributed by atoms with Gasteiger partial charge in [-0.1, -0.05) is 60.7 Å². The van der Waals surface area contributed by atoms with Crippen molar-refractivity contribution in [2.75, 3.05) is 18.0 Å². The Kier molecular flexibility index (Phi) is 4.14. The van der Waals surface area contributed by atoms with Gasteiger partial charge in [-0.05, 0) is 41.8 Å². The molecule has 3 heteroatoms. The van der Waals surface area contributed by atoms with Crippen LogP contribution in [0.1, 0.15) is 12.5 Å². The Labute approximate surface area is 148 Å². The molecular weight excluding hydrogens is 308 g/mol. The van der Waals surface area contributed by atoms with Crippen molar-refractivity contribution in [1.82, 2.24) is 4.90 Å². The highest BCUT2D eigenvalue weighted by Gasteiger charge is 2.36. The van der Waals surface area contributed by atoms with Crippen LogP contribution in [0.2, 0.25) is 0 Å². The standard InChI is InChI=1S/C22H22N2O/c1-2-23-21(16-24(22(23)25)20-10-4-3-5-11-20)15-17-12-13-18-8-6-7-9-19(18)14-17/h3-14,21H,2,15-16H2,1H3. The van der Waals surface area contributed by atoms with Crippen molar-refractivity contribution < 1.29 is 4.79 Å². The van der Waals surface area contributed by atoms with Gasteiger partial charge in [-0.3, -0.25) is 4.90 Å². The van der Waals surface area contributed by atoms with Crippen LogP contribution in [-0.4, -0.2) is 30.1 Å². The van der Waals surface area contributed by atoms with E-state index in [1.165, 1.54) is 16.3 Å². The topological polar surface area (TPSA) is 23.6 Å². The van der Waals surface area contributed by atoms with Crippen LogP contribution in [0.25, 0.3) is 10.8 Å². The number of para-hydroxylation sites is 1. The highest BCUT2D eigenvalue weighted by atomic mass is 16.2. The molecule has 4 rings (SSSR count). The van der Waals surface area contributed by atoms with Gasteiger partial charge in [0.25, 0.3) is 0 Å². The van der Waals surface area contributed by atoms with E-state index in [-0.39, 0.29) is 12.1 Å². The van der Waals surface area contributed by atoms with Gasteiger partial charge in [-0.15, -0.1) is 0 Å².